The molecule has 0 aromatic heterocycles. The van der Waals surface area contributed by atoms with Gasteiger partial charge >= 0.3 is 6.18 Å². The summed E-state index contributed by atoms with van der Waals surface area (Å²) in [5.74, 6) is -0.237. The summed E-state index contributed by atoms with van der Waals surface area (Å²) < 4.78 is 73.9. The van der Waals surface area contributed by atoms with E-state index in [1.54, 1.807) is 53.1 Å². The second kappa shape index (κ2) is 11.4. The first-order valence-corrected chi connectivity index (χ1v) is 14.2. The third-order valence-corrected chi connectivity index (χ3v) is 8.91. The number of rotatable bonds is 7. The monoisotopic (exact) mass is 575 g/mol. The standard InChI is InChI=1S/C29H32F3N3O4S/c1-20-8-11-26(39-4)27(16-20)40(37,38)35(25-10-9-21(2)22(3)17-25)19-28(36)34-14-12-33(13-15-34)24-7-5-6-23(18-24)29(30,31)32/h5-11,16-18H,12-15,19H2,1-4H3. The molecule has 11 heteroatoms. The van der Waals surface area contributed by atoms with Gasteiger partial charge in [-0.3, -0.25) is 9.10 Å². The topological polar surface area (TPSA) is 70.2 Å². The first-order valence-electron chi connectivity index (χ1n) is 12.8. The second-order valence-electron chi connectivity index (χ2n) is 9.85. The highest BCUT2D eigenvalue weighted by molar-refractivity contribution is 7.93. The van der Waals surface area contributed by atoms with Crippen molar-refractivity contribution in [1.82, 2.24) is 4.90 Å². The zero-order valence-electron chi connectivity index (χ0n) is 22.8. The molecule has 40 heavy (non-hydrogen) atoms. The Bertz CT molecular complexity index is 1500. The molecule has 0 unspecified atom stereocenters. The number of hydrogen-bond donors (Lipinski definition) is 0. The molecule has 214 valence electrons. The third kappa shape index (κ3) is 6.19. The number of alkyl halides is 3. The van der Waals surface area contributed by atoms with E-state index in [0.717, 1.165) is 33.1 Å². The highest BCUT2D eigenvalue weighted by Crippen LogP contribution is 2.33. The molecule has 0 N–H and O–H groups in total. The Morgan fingerprint density at radius 1 is 0.925 bits per heavy atom. The van der Waals surface area contributed by atoms with E-state index in [1.165, 1.54) is 19.2 Å². The van der Waals surface area contributed by atoms with E-state index in [1.807, 2.05) is 13.8 Å². The summed E-state index contributed by atoms with van der Waals surface area (Å²) in [5.41, 5.74) is 2.61. The van der Waals surface area contributed by atoms with Crippen molar-refractivity contribution in [3.8, 4) is 5.75 Å². The van der Waals surface area contributed by atoms with E-state index >= 15 is 0 Å². The van der Waals surface area contributed by atoms with Gasteiger partial charge in [-0.25, -0.2) is 8.42 Å². The largest absolute Gasteiger partial charge is 0.495 e. The molecule has 1 heterocycles. The van der Waals surface area contributed by atoms with Gasteiger partial charge in [0.15, 0.2) is 0 Å². The quantitative estimate of drug-likeness (QED) is 0.388. The molecule has 0 radical (unpaired) electrons. The Morgan fingerprint density at radius 2 is 1.62 bits per heavy atom. The van der Waals surface area contributed by atoms with Crippen LogP contribution in [0.1, 0.15) is 22.3 Å². The van der Waals surface area contributed by atoms with E-state index in [9.17, 15) is 26.4 Å². The number of aryl methyl sites for hydroxylation is 3. The summed E-state index contributed by atoms with van der Waals surface area (Å²) >= 11 is 0. The first-order chi connectivity index (χ1) is 18.8. The highest BCUT2D eigenvalue weighted by Gasteiger charge is 2.34. The lowest BCUT2D eigenvalue weighted by Gasteiger charge is -2.37. The highest BCUT2D eigenvalue weighted by atomic mass is 32.2. The summed E-state index contributed by atoms with van der Waals surface area (Å²) in [6.07, 6.45) is -4.45. The zero-order valence-corrected chi connectivity index (χ0v) is 23.6. The fourth-order valence-corrected chi connectivity index (χ4v) is 6.27. The van der Waals surface area contributed by atoms with E-state index < -0.39 is 34.2 Å². The van der Waals surface area contributed by atoms with Crippen molar-refractivity contribution >= 4 is 27.3 Å². The van der Waals surface area contributed by atoms with Crippen LogP contribution in [0.5, 0.6) is 5.75 Å². The van der Waals surface area contributed by atoms with Crippen molar-refractivity contribution in [3.05, 3.63) is 82.9 Å². The van der Waals surface area contributed by atoms with Crippen LogP contribution in [0.3, 0.4) is 0 Å². The van der Waals surface area contributed by atoms with Gasteiger partial charge in [-0.1, -0.05) is 18.2 Å². The van der Waals surface area contributed by atoms with Crippen LogP contribution in [0.15, 0.2) is 65.6 Å². The molecule has 1 aliphatic heterocycles. The molecule has 1 amide bonds. The maximum absolute atomic E-state index is 14.0. The second-order valence-corrected chi connectivity index (χ2v) is 11.7. The maximum Gasteiger partial charge on any atom is 0.416 e. The van der Waals surface area contributed by atoms with Crippen LogP contribution < -0.4 is 13.9 Å². The van der Waals surface area contributed by atoms with E-state index in [0.29, 0.717) is 24.5 Å². The number of amides is 1. The molecule has 3 aromatic carbocycles. The summed E-state index contributed by atoms with van der Waals surface area (Å²) in [7, 11) is -2.82. The SMILES string of the molecule is COc1ccc(C)cc1S(=O)(=O)N(CC(=O)N1CCN(c2cccc(C(F)(F)F)c2)CC1)c1ccc(C)c(C)c1. The third-order valence-electron chi connectivity index (χ3n) is 7.12. The van der Waals surface area contributed by atoms with Crippen LogP contribution >= 0.6 is 0 Å². The van der Waals surface area contributed by atoms with Crippen LogP contribution in [0.25, 0.3) is 0 Å². The van der Waals surface area contributed by atoms with Gasteiger partial charge in [-0.05, 0) is 79.9 Å². The summed E-state index contributed by atoms with van der Waals surface area (Å²) in [5, 5.41) is 0. The smallest absolute Gasteiger partial charge is 0.416 e. The number of carbonyl (C=O) groups is 1. The Balaban J connectivity index is 1.58. The van der Waals surface area contributed by atoms with Gasteiger partial charge in [-0.2, -0.15) is 13.2 Å². The molecule has 0 bridgehead atoms. The van der Waals surface area contributed by atoms with Gasteiger partial charge < -0.3 is 14.5 Å². The van der Waals surface area contributed by atoms with Gasteiger partial charge in [-0.15, -0.1) is 0 Å². The van der Waals surface area contributed by atoms with E-state index in [-0.39, 0.29) is 23.7 Å². The van der Waals surface area contributed by atoms with Crippen molar-refractivity contribution in [2.45, 2.75) is 31.8 Å². The van der Waals surface area contributed by atoms with Crippen molar-refractivity contribution in [3.63, 3.8) is 0 Å². The number of anilines is 2. The fourth-order valence-electron chi connectivity index (χ4n) is 4.62. The molecule has 0 atom stereocenters. The normalized spacial score (nSPS) is 14.3. The van der Waals surface area contributed by atoms with Crippen LogP contribution in [0, 0.1) is 20.8 Å². The van der Waals surface area contributed by atoms with E-state index in [4.69, 9.17) is 4.74 Å². The summed E-state index contributed by atoms with van der Waals surface area (Å²) in [4.78, 5) is 16.8. The Kier molecular flexibility index (Phi) is 8.34. The molecule has 4 rings (SSSR count). The van der Waals surface area contributed by atoms with Gasteiger partial charge in [0.25, 0.3) is 10.0 Å². The number of piperazine rings is 1. The number of ether oxygens (including phenoxy) is 1. The molecule has 1 fully saturated rings. The number of carbonyl (C=O) groups excluding carboxylic acids is 1. The molecule has 0 spiro atoms. The molecule has 1 aliphatic rings. The lowest BCUT2D eigenvalue weighted by Crippen LogP contribution is -2.52. The van der Waals surface area contributed by atoms with Gasteiger partial charge in [0.1, 0.15) is 17.2 Å². The van der Waals surface area contributed by atoms with Crippen molar-refractivity contribution in [2.24, 2.45) is 0 Å². The summed E-state index contributed by atoms with van der Waals surface area (Å²) in [6, 6.07) is 15.1. The van der Waals surface area contributed by atoms with Crippen LogP contribution in [0.2, 0.25) is 0 Å². The number of benzene rings is 3. The predicted octanol–water partition coefficient (Wildman–Crippen LogP) is 5.18. The lowest BCUT2D eigenvalue weighted by molar-refractivity contribution is -0.137. The summed E-state index contributed by atoms with van der Waals surface area (Å²) in [6.45, 7) is 6.22. The fraction of sp³-hybridized carbons (Fsp3) is 0.345. The molecule has 7 nitrogen and oxygen atoms in total. The Labute approximate surface area is 232 Å². The maximum atomic E-state index is 14.0. The molecule has 0 aliphatic carbocycles. The van der Waals surface area contributed by atoms with Crippen molar-refractivity contribution in [2.75, 3.05) is 49.0 Å². The molecule has 1 saturated heterocycles. The number of sulfonamides is 1. The Morgan fingerprint density at radius 3 is 2.25 bits per heavy atom. The number of halogens is 3. The first kappa shape index (κ1) is 29.3. The minimum atomic E-state index is -4.45. The van der Waals surface area contributed by atoms with Crippen molar-refractivity contribution in [1.29, 1.82) is 0 Å². The average Bonchev–Trinajstić information content (AvgIpc) is 2.92. The zero-order chi connectivity index (χ0) is 29.2. The number of nitrogens with zero attached hydrogens (tertiary/aromatic N) is 3. The molecule has 0 saturated carbocycles. The molecular weight excluding hydrogens is 543 g/mol. The van der Waals surface area contributed by atoms with Gasteiger partial charge in [0, 0.05) is 31.9 Å². The van der Waals surface area contributed by atoms with Gasteiger partial charge in [0.05, 0.1) is 18.4 Å². The molecule has 3 aromatic rings. The average molecular weight is 576 g/mol. The number of methoxy groups -OCH3 is 1. The minimum Gasteiger partial charge on any atom is -0.495 e. The Hall–Kier alpha value is -3.73. The number of hydrogen-bond acceptors (Lipinski definition) is 5. The van der Waals surface area contributed by atoms with Crippen LogP contribution in [-0.2, 0) is 21.0 Å². The predicted molar refractivity (Wildman–Crippen MR) is 148 cm³/mol. The molecular formula is C29H32F3N3O4S. The van der Waals surface area contributed by atoms with Crippen LogP contribution in [-0.4, -0.2) is 59.1 Å². The lowest BCUT2D eigenvalue weighted by atomic mass is 10.1. The minimum absolute atomic E-state index is 0.0459. The van der Waals surface area contributed by atoms with Crippen molar-refractivity contribution < 1.29 is 31.1 Å². The van der Waals surface area contributed by atoms with Crippen LogP contribution in [0.4, 0.5) is 24.5 Å². The van der Waals surface area contributed by atoms with E-state index in [2.05, 4.69) is 0 Å². The van der Waals surface area contributed by atoms with Gasteiger partial charge in [0.2, 0.25) is 5.91 Å².